The third kappa shape index (κ3) is 2.48. The maximum absolute atomic E-state index is 3.97. The van der Waals surface area contributed by atoms with Crippen molar-refractivity contribution in [3.8, 4) is 0 Å². The minimum absolute atomic E-state index is 0.193. The summed E-state index contributed by atoms with van der Waals surface area (Å²) < 4.78 is 1.84. The van der Waals surface area contributed by atoms with Crippen molar-refractivity contribution in [3.63, 3.8) is 0 Å². The van der Waals surface area contributed by atoms with Crippen LogP contribution in [-0.2, 0) is 12.0 Å². The Balaban J connectivity index is 2.23. The third-order valence-electron chi connectivity index (χ3n) is 2.61. The first-order valence-corrected chi connectivity index (χ1v) is 5.49. The predicted octanol–water partition coefficient (Wildman–Crippen LogP) is 2.62. The maximum Gasteiger partial charge on any atom is 0.0693 e. The number of rotatable bonds is 2. The topological polar surface area (TPSA) is 30.7 Å². The van der Waals surface area contributed by atoms with E-state index in [-0.39, 0.29) is 5.41 Å². The molecule has 0 bridgehead atoms. The monoisotopic (exact) mass is 215 g/mol. The average molecular weight is 215 g/mol. The van der Waals surface area contributed by atoms with Crippen molar-refractivity contribution in [1.82, 2.24) is 15.0 Å². The van der Waals surface area contributed by atoms with Crippen LogP contribution in [0.25, 0.3) is 0 Å². The summed E-state index contributed by atoms with van der Waals surface area (Å²) in [6, 6.07) is 8.64. The van der Waals surface area contributed by atoms with Crippen LogP contribution in [-0.4, -0.2) is 15.0 Å². The molecule has 3 heteroatoms. The molecule has 0 fully saturated rings. The smallest absolute Gasteiger partial charge is 0.0693 e. The highest BCUT2D eigenvalue weighted by Gasteiger charge is 2.13. The van der Waals surface area contributed by atoms with E-state index in [1.54, 1.807) is 6.20 Å². The second-order valence-corrected chi connectivity index (χ2v) is 5.05. The van der Waals surface area contributed by atoms with Crippen molar-refractivity contribution in [2.75, 3.05) is 0 Å². The molecule has 2 rings (SSSR count). The molecule has 0 saturated carbocycles. The lowest BCUT2D eigenvalue weighted by atomic mass is 9.86. The van der Waals surface area contributed by atoms with Gasteiger partial charge in [-0.05, 0) is 16.5 Å². The molecule has 0 unspecified atom stereocenters. The van der Waals surface area contributed by atoms with Crippen LogP contribution in [0.1, 0.15) is 31.9 Å². The third-order valence-corrected chi connectivity index (χ3v) is 2.61. The fourth-order valence-electron chi connectivity index (χ4n) is 1.64. The van der Waals surface area contributed by atoms with Gasteiger partial charge in [-0.3, -0.25) is 0 Å². The molecule has 3 nitrogen and oxygen atoms in total. The van der Waals surface area contributed by atoms with E-state index in [0.717, 1.165) is 6.54 Å². The van der Waals surface area contributed by atoms with Gasteiger partial charge in [-0.25, -0.2) is 4.68 Å². The molecule has 1 aromatic heterocycles. The van der Waals surface area contributed by atoms with E-state index in [1.807, 2.05) is 10.9 Å². The quantitative estimate of drug-likeness (QED) is 0.771. The fourth-order valence-corrected chi connectivity index (χ4v) is 1.64. The summed E-state index contributed by atoms with van der Waals surface area (Å²) in [5, 5.41) is 7.77. The van der Waals surface area contributed by atoms with Crippen LogP contribution < -0.4 is 0 Å². The first-order chi connectivity index (χ1) is 7.55. The zero-order valence-corrected chi connectivity index (χ0v) is 10.0. The highest BCUT2D eigenvalue weighted by atomic mass is 15.4. The Hall–Kier alpha value is -1.64. The largest absolute Gasteiger partial charge is 0.248 e. The van der Waals surface area contributed by atoms with Crippen molar-refractivity contribution in [3.05, 3.63) is 47.8 Å². The highest BCUT2D eigenvalue weighted by molar-refractivity contribution is 5.28. The zero-order valence-electron chi connectivity index (χ0n) is 10.0. The van der Waals surface area contributed by atoms with E-state index in [4.69, 9.17) is 0 Å². The molecule has 0 amide bonds. The molecule has 0 saturated heterocycles. The Bertz CT molecular complexity index is 452. The molecule has 16 heavy (non-hydrogen) atoms. The zero-order chi connectivity index (χ0) is 11.6. The van der Waals surface area contributed by atoms with E-state index in [9.17, 15) is 0 Å². The van der Waals surface area contributed by atoms with E-state index in [0.29, 0.717) is 0 Å². The number of hydrogen-bond donors (Lipinski definition) is 0. The van der Waals surface area contributed by atoms with Crippen LogP contribution in [0.15, 0.2) is 36.7 Å². The molecule has 0 N–H and O–H groups in total. The summed E-state index contributed by atoms with van der Waals surface area (Å²) in [6.45, 7) is 7.45. The summed E-state index contributed by atoms with van der Waals surface area (Å²) in [7, 11) is 0. The molecule has 84 valence electrons. The lowest BCUT2D eigenvalue weighted by Gasteiger charge is -2.19. The van der Waals surface area contributed by atoms with Gasteiger partial charge in [0.2, 0.25) is 0 Å². The van der Waals surface area contributed by atoms with E-state index in [2.05, 4.69) is 55.3 Å². The molecule has 2 aromatic rings. The van der Waals surface area contributed by atoms with Gasteiger partial charge < -0.3 is 0 Å². The summed E-state index contributed by atoms with van der Waals surface area (Å²) in [5.74, 6) is 0. The second-order valence-electron chi connectivity index (χ2n) is 5.05. The standard InChI is InChI=1S/C13H17N3/c1-13(2,3)12-6-4-5-11(9-12)10-16-8-7-14-15-16/h4-9H,10H2,1-3H3. The van der Waals surface area contributed by atoms with Gasteiger partial charge in [0.1, 0.15) is 0 Å². The lowest BCUT2D eigenvalue weighted by Crippen LogP contribution is -2.11. The molecule has 1 aromatic carbocycles. The number of hydrogen-bond acceptors (Lipinski definition) is 2. The Morgan fingerprint density at radius 1 is 1.25 bits per heavy atom. The maximum atomic E-state index is 3.97. The van der Waals surface area contributed by atoms with Crippen molar-refractivity contribution in [2.24, 2.45) is 0 Å². The molecule has 0 spiro atoms. The SMILES string of the molecule is CC(C)(C)c1cccc(Cn2ccnn2)c1. The van der Waals surface area contributed by atoms with Crippen LogP contribution in [0, 0.1) is 0 Å². The van der Waals surface area contributed by atoms with E-state index in [1.165, 1.54) is 11.1 Å². The lowest BCUT2D eigenvalue weighted by molar-refractivity contribution is 0.586. The van der Waals surface area contributed by atoms with Crippen molar-refractivity contribution >= 4 is 0 Å². The average Bonchev–Trinajstić information content (AvgIpc) is 2.70. The molecule has 0 aliphatic heterocycles. The van der Waals surface area contributed by atoms with Crippen LogP contribution >= 0.6 is 0 Å². The predicted molar refractivity (Wildman–Crippen MR) is 64.3 cm³/mol. The highest BCUT2D eigenvalue weighted by Crippen LogP contribution is 2.22. The van der Waals surface area contributed by atoms with Gasteiger partial charge in [-0.15, -0.1) is 5.10 Å². The van der Waals surface area contributed by atoms with Crippen molar-refractivity contribution in [1.29, 1.82) is 0 Å². The molecule has 0 radical (unpaired) electrons. The van der Waals surface area contributed by atoms with E-state index >= 15 is 0 Å². The van der Waals surface area contributed by atoms with Gasteiger partial charge in [0.25, 0.3) is 0 Å². The molecule has 0 aliphatic carbocycles. The normalized spacial score (nSPS) is 11.7. The van der Waals surface area contributed by atoms with Gasteiger partial charge >= 0.3 is 0 Å². The number of aromatic nitrogens is 3. The first-order valence-electron chi connectivity index (χ1n) is 5.49. The minimum Gasteiger partial charge on any atom is -0.248 e. The molecular formula is C13H17N3. The van der Waals surface area contributed by atoms with Crippen molar-refractivity contribution < 1.29 is 0 Å². The van der Waals surface area contributed by atoms with Crippen LogP contribution in [0.3, 0.4) is 0 Å². The van der Waals surface area contributed by atoms with Gasteiger partial charge in [-0.2, -0.15) is 0 Å². The summed E-state index contributed by atoms with van der Waals surface area (Å²) in [6.07, 6.45) is 3.58. The molecule has 0 atom stereocenters. The van der Waals surface area contributed by atoms with Gasteiger partial charge in [0.05, 0.1) is 12.7 Å². The number of benzene rings is 1. The van der Waals surface area contributed by atoms with Crippen LogP contribution in [0.2, 0.25) is 0 Å². The Morgan fingerprint density at radius 2 is 2.06 bits per heavy atom. The summed E-state index contributed by atoms with van der Waals surface area (Å²) in [5.41, 5.74) is 2.81. The molecule has 0 aliphatic rings. The van der Waals surface area contributed by atoms with Gasteiger partial charge in [0.15, 0.2) is 0 Å². The Morgan fingerprint density at radius 3 is 2.69 bits per heavy atom. The van der Waals surface area contributed by atoms with Crippen LogP contribution in [0.4, 0.5) is 0 Å². The first kappa shape index (κ1) is 10.9. The summed E-state index contributed by atoms with van der Waals surface area (Å²) >= 11 is 0. The van der Waals surface area contributed by atoms with Gasteiger partial charge in [-0.1, -0.05) is 50.3 Å². The van der Waals surface area contributed by atoms with Crippen LogP contribution in [0.5, 0.6) is 0 Å². The van der Waals surface area contributed by atoms with Gasteiger partial charge in [0, 0.05) is 6.20 Å². The summed E-state index contributed by atoms with van der Waals surface area (Å²) in [4.78, 5) is 0. The fraction of sp³-hybridized carbons (Fsp3) is 0.385. The molecular weight excluding hydrogens is 198 g/mol. The second kappa shape index (κ2) is 4.08. The Labute approximate surface area is 96.1 Å². The van der Waals surface area contributed by atoms with E-state index < -0.39 is 0 Å². The molecule has 1 heterocycles. The minimum atomic E-state index is 0.193. The van der Waals surface area contributed by atoms with Crippen molar-refractivity contribution in [2.45, 2.75) is 32.7 Å². The number of nitrogens with zero attached hydrogens (tertiary/aromatic N) is 3. The Kier molecular flexibility index (Phi) is 2.77.